The molecule has 1 aliphatic heterocycles. The summed E-state index contributed by atoms with van der Waals surface area (Å²) in [4.78, 5) is 13.7. The van der Waals surface area contributed by atoms with Crippen LogP contribution in [0.25, 0.3) is 11.4 Å². The Kier molecular flexibility index (Phi) is 3.79. The minimum absolute atomic E-state index is 0.314. The molecule has 1 aromatic carbocycles. The Morgan fingerprint density at radius 2 is 2.04 bits per heavy atom. The first-order valence-electron chi connectivity index (χ1n) is 7.49. The van der Waals surface area contributed by atoms with E-state index in [1.165, 1.54) is 12.1 Å². The van der Waals surface area contributed by atoms with Gasteiger partial charge in [0.1, 0.15) is 11.4 Å². The third-order valence-corrected chi connectivity index (χ3v) is 3.49. The lowest BCUT2D eigenvalue weighted by molar-refractivity contribution is 0.0196. The molecule has 2 heterocycles. The molecule has 0 N–H and O–H groups in total. The minimum Gasteiger partial charge on any atom is -0.444 e. The Morgan fingerprint density at radius 1 is 1.26 bits per heavy atom. The number of benzene rings is 1. The van der Waals surface area contributed by atoms with Crippen LogP contribution in [0, 0.1) is 5.82 Å². The predicted molar refractivity (Wildman–Crippen MR) is 82.1 cm³/mol. The van der Waals surface area contributed by atoms with Crippen LogP contribution >= 0.6 is 0 Å². The number of amides is 1. The van der Waals surface area contributed by atoms with E-state index >= 15 is 0 Å². The Bertz CT molecular complexity index is 736. The van der Waals surface area contributed by atoms with Crippen LogP contribution in [0.5, 0.6) is 0 Å². The second-order valence-electron chi connectivity index (χ2n) is 6.50. The molecule has 0 saturated heterocycles. The summed E-state index contributed by atoms with van der Waals surface area (Å²) in [5.74, 6) is 0.968. The van der Waals surface area contributed by atoms with Crippen molar-refractivity contribution in [1.29, 1.82) is 0 Å². The normalized spacial score (nSPS) is 14.5. The topological polar surface area (TPSA) is 60.2 Å². The van der Waals surface area contributed by atoms with Crippen LogP contribution in [-0.4, -0.2) is 37.9 Å². The van der Waals surface area contributed by atoms with E-state index in [0.717, 1.165) is 0 Å². The molecule has 7 heteroatoms. The fraction of sp³-hybridized carbons (Fsp3) is 0.438. The number of ether oxygens (including phenoxy) is 1. The minimum atomic E-state index is -0.533. The van der Waals surface area contributed by atoms with Gasteiger partial charge in [-0.15, -0.1) is 10.2 Å². The van der Waals surface area contributed by atoms with Crippen molar-refractivity contribution in [3.8, 4) is 11.4 Å². The number of halogens is 1. The van der Waals surface area contributed by atoms with Gasteiger partial charge in [0.2, 0.25) is 0 Å². The molecule has 23 heavy (non-hydrogen) atoms. The number of rotatable bonds is 1. The maximum atomic E-state index is 13.4. The third-order valence-electron chi connectivity index (χ3n) is 3.49. The third kappa shape index (κ3) is 3.33. The summed E-state index contributed by atoms with van der Waals surface area (Å²) in [7, 11) is 0. The Morgan fingerprint density at radius 3 is 2.74 bits per heavy atom. The molecule has 3 rings (SSSR count). The van der Waals surface area contributed by atoms with E-state index in [-0.39, 0.29) is 11.9 Å². The van der Waals surface area contributed by atoms with Crippen molar-refractivity contribution >= 4 is 6.09 Å². The first-order chi connectivity index (χ1) is 10.8. The van der Waals surface area contributed by atoms with Crippen LogP contribution in [0.1, 0.15) is 26.6 Å². The van der Waals surface area contributed by atoms with Crippen LogP contribution in [-0.2, 0) is 17.8 Å². The van der Waals surface area contributed by atoms with Crippen molar-refractivity contribution in [2.24, 2.45) is 0 Å². The van der Waals surface area contributed by atoms with Crippen molar-refractivity contribution in [2.75, 3.05) is 6.54 Å². The molecular weight excluding hydrogens is 299 g/mol. The van der Waals surface area contributed by atoms with Gasteiger partial charge in [-0.25, -0.2) is 9.18 Å². The van der Waals surface area contributed by atoms with E-state index < -0.39 is 5.60 Å². The molecule has 2 aromatic rings. The molecule has 0 unspecified atom stereocenters. The van der Waals surface area contributed by atoms with E-state index in [9.17, 15) is 9.18 Å². The van der Waals surface area contributed by atoms with Gasteiger partial charge in [-0.1, -0.05) is 12.1 Å². The van der Waals surface area contributed by atoms with Crippen LogP contribution in [0.2, 0.25) is 0 Å². The fourth-order valence-corrected chi connectivity index (χ4v) is 2.48. The number of carbonyl (C=O) groups is 1. The average molecular weight is 318 g/mol. The maximum absolute atomic E-state index is 13.4. The standard InChI is InChI=1S/C16H19FN4O2/c1-16(2,3)23-15(22)20-7-8-21-13(10-20)18-19-14(21)11-5-4-6-12(17)9-11/h4-6,9H,7-8,10H2,1-3H3. The number of aromatic nitrogens is 3. The lowest BCUT2D eigenvalue weighted by atomic mass is 10.2. The quantitative estimate of drug-likeness (QED) is 0.811. The van der Waals surface area contributed by atoms with Crippen LogP contribution in [0.15, 0.2) is 24.3 Å². The van der Waals surface area contributed by atoms with E-state index in [1.807, 2.05) is 25.3 Å². The van der Waals surface area contributed by atoms with Gasteiger partial charge in [0.25, 0.3) is 0 Å². The highest BCUT2D eigenvalue weighted by Gasteiger charge is 2.28. The molecule has 1 aliphatic rings. The summed E-state index contributed by atoms with van der Waals surface area (Å²) in [5, 5.41) is 8.28. The van der Waals surface area contributed by atoms with Crippen molar-refractivity contribution < 1.29 is 13.9 Å². The second-order valence-corrected chi connectivity index (χ2v) is 6.50. The molecule has 0 bridgehead atoms. The average Bonchev–Trinajstić information content (AvgIpc) is 2.88. The molecule has 0 aliphatic carbocycles. The van der Waals surface area contributed by atoms with Crippen LogP contribution in [0.3, 0.4) is 0 Å². The first-order valence-corrected chi connectivity index (χ1v) is 7.49. The molecule has 1 amide bonds. The van der Waals surface area contributed by atoms with E-state index in [0.29, 0.717) is 36.8 Å². The summed E-state index contributed by atoms with van der Waals surface area (Å²) in [5.41, 5.74) is 0.143. The van der Waals surface area contributed by atoms with Gasteiger partial charge in [0, 0.05) is 18.7 Å². The van der Waals surface area contributed by atoms with E-state index in [2.05, 4.69) is 10.2 Å². The van der Waals surface area contributed by atoms with Gasteiger partial charge < -0.3 is 9.30 Å². The number of hydrogen-bond acceptors (Lipinski definition) is 4. The largest absolute Gasteiger partial charge is 0.444 e. The number of hydrogen-bond donors (Lipinski definition) is 0. The van der Waals surface area contributed by atoms with Gasteiger partial charge >= 0.3 is 6.09 Å². The van der Waals surface area contributed by atoms with E-state index in [4.69, 9.17) is 4.74 Å². The second kappa shape index (κ2) is 5.64. The van der Waals surface area contributed by atoms with Gasteiger partial charge in [0.05, 0.1) is 6.54 Å². The van der Waals surface area contributed by atoms with Crippen LogP contribution in [0.4, 0.5) is 9.18 Å². The molecule has 0 spiro atoms. The van der Waals surface area contributed by atoms with Crippen molar-refractivity contribution in [3.05, 3.63) is 35.9 Å². The maximum Gasteiger partial charge on any atom is 0.410 e. The number of nitrogens with zero attached hydrogens (tertiary/aromatic N) is 4. The smallest absolute Gasteiger partial charge is 0.410 e. The van der Waals surface area contributed by atoms with Gasteiger partial charge in [0.15, 0.2) is 11.6 Å². The van der Waals surface area contributed by atoms with Crippen molar-refractivity contribution in [1.82, 2.24) is 19.7 Å². The van der Waals surface area contributed by atoms with Gasteiger partial charge in [-0.05, 0) is 32.9 Å². The number of fused-ring (bicyclic) bond motifs is 1. The lowest BCUT2D eigenvalue weighted by Crippen LogP contribution is -2.41. The SMILES string of the molecule is CC(C)(C)OC(=O)N1CCn2c(nnc2-c2cccc(F)c2)C1. The predicted octanol–water partition coefficient (Wildman–Crippen LogP) is 2.83. The summed E-state index contributed by atoms with van der Waals surface area (Å²) in [6.45, 7) is 6.88. The van der Waals surface area contributed by atoms with Crippen molar-refractivity contribution in [2.45, 2.75) is 39.5 Å². The highest BCUT2D eigenvalue weighted by atomic mass is 19.1. The molecule has 0 radical (unpaired) electrons. The molecule has 0 atom stereocenters. The highest BCUT2D eigenvalue weighted by molar-refractivity contribution is 5.68. The monoisotopic (exact) mass is 318 g/mol. The van der Waals surface area contributed by atoms with Gasteiger partial charge in [-0.2, -0.15) is 0 Å². The fourth-order valence-electron chi connectivity index (χ4n) is 2.48. The summed E-state index contributed by atoms with van der Waals surface area (Å²) in [6.07, 6.45) is -0.362. The first kappa shape index (κ1) is 15.5. The zero-order chi connectivity index (χ0) is 16.6. The summed E-state index contributed by atoms with van der Waals surface area (Å²) < 4.78 is 20.7. The van der Waals surface area contributed by atoms with Crippen molar-refractivity contribution in [3.63, 3.8) is 0 Å². The van der Waals surface area contributed by atoms with Crippen LogP contribution < -0.4 is 0 Å². The summed E-state index contributed by atoms with van der Waals surface area (Å²) >= 11 is 0. The summed E-state index contributed by atoms with van der Waals surface area (Å²) in [6, 6.07) is 6.25. The molecule has 6 nitrogen and oxygen atoms in total. The molecule has 122 valence electrons. The molecule has 0 saturated carbocycles. The zero-order valence-electron chi connectivity index (χ0n) is 13.4. The molecule has 0 fully saturated rings. The van der Waals surface area contributed by atoms with Gasteiger partial charge in [-0.3, -0.25) is 4.90 Å². The zero-order valence-corrected chi connectivity index (χ0v) is 13.4. The molecule has 1 aromatic heterocycles. The highest BCUT2D eigenvalue weighted by Crippen LogP contribution is 2.23. The Labute approximate surface area is 133 Å². The lowest BCUT2D eigenvalue weighted by Gasteiger charge is -2.30. The Hall–Kier alpha value is -2.44. The number of carbonyl (C=O) groups excluding carboxylic acids is 1. The van der Waals surface area contributed by atoms with E-state index in [1.54, 1.807) is 17.0 Å². The Balaban J connectivity index is 1.80. The molecular formula is C16H19FN4O2.